The molecule has 1 unspecified atom stereocenters. The van der Waals surface area contributed by atoms with Crippen molar-refractivity contribution in [1.29, 1.82) is 0 Å². The van der Waals surface area contributed by atoms with Gasteiger partial charge in [0, 0.05) is 0 Å². The molecule has 2 rings (SSSR count). The molecule has 0 aromatic heterocycles. The van der Waals surface area contributed by atoms with E-state index in [0.29, 0.717) is 12.0 Å². The van der Waals surface area contributed by atoms with Crippen molar-refractivity contribution >= 4 is 0 Å². The Morgan fingerprint density at radius 1 is 1.31 bits per heavy atom. The van der Waals surface area contributed by atoms with Crippen molar-refractivity contribution in [1.82, 2.24) is 5.32 Å². The first kappa shape index (κ1) is 11.5. The van der Waals surface area contributed by atoms with Gasteiger partial charge in [-0.3, -0.25) is 0 Å². The second-order valence-corrected chi connectivity index (χ2v) is 4.31. The van der Waals surface area contributed by atoms with Crippen LogP contribution in [0.5, 0.6) is 0 Å². The zero-order valence-corrected chi connectivity index (χ0v) is 9.28. The molecule has 88 valence electrons. The lowest BCUT2D eigenvalue weighted by atomic mass is 9.90. The molecule has 4 heteroatoms. The zero-order chi connectivity index (χ0) is 12.0. The molecule has 0 saturated carbocycles. The molecule has 1 nitrogen and oxygen atoms in total. The van der Waals surface area contributed by atoms with Gasteiger partial charge >= 0.3 is 6.18 Å². The van der Waals surface area contributed by atoms with E-state index in [1.165, 1.54) is 7.05 Å². The Balaban J connectivity index is 2.59. The summed E-state index contributed by atoms with van der Waals surface area (Å²) < 4.78 is 39.5. The second-order valence-electron chi connectivity index (χ2n) is 4.31. The molecule has 1 aliphatic rings. The van der Waals surface area contributed by atoms with Crippen molar-refractivity contribution in [3.05, 3.63) is 34.9 Å². The van der Waals surface area contributed by atoms with Gasteiger partial charge in [-0.15, -0.1) is 0 Å². The fourth-order valence-electron chi connectivity index (χ4n) is 2.46. The minimum Gasteiger partial charge on any atom is -0.303 e. The first-order valence-corrected chi connectivity index (χ1v) is 5.26. The summed E-state index contributed by atoms with van der Waals surface area (Å²) in [5, 5.41) is 2.48. The molecule has 0 saturated heterocycles. The van der Waals surface area contributed by atoms with E-state index in [0.717, 1.165) is 11.1 Å². The predicted molar refractivity (Wildman–Crippen MR) is 56.3 cm³/mol. The summed E-state index contributed by atoms with van der Waals surface area (Å²) in [4.78, 5) is 0. The van der Waals surface area contributed by atoms with E-state index in [2.05, 4.69) is 5.32 Å². The van der Waals surface area contributed by atoms with E-state index in [1.807, 2.05) is 13.0 Å². The lowest BCUT2D eigenvalue weighted by molar-refractivity contribution is -0.198. The van der Waals surface area contributed by atoms with Crippen molar-refractivity contribution in [2.75, 3.05) is 7.05 Å². The SMILES string of the molecule is CNC1(C(F)(F)F)CCc2ccc(C)cc21. The highest BCUT2D eigenvalue weighted by molar-refractivity contribution is 5.42. The average molecular weight is 229 g/mol. The smallest absolute Gasteiger partial charge is 0.303 e. The number of halogens is 3. The van der Waals surface area contributed by atoms with Crippen molar-refractivity contribution in [3.63, 3.8) is 0 Å². The number of rotatable bonds is 1. The van der Waals surface area contributed by atoms with E-state index in [4.69, 9.17) is 0 Å². The van der Waals surface area contributed by atoms with Crippen molar-refractivity contribution in [2.45, 2.75) is 31.5 Å². The number of aryl methyl sites for hydroxylation is 2. The van der Waals surface area contributed by atoms with Crippen LogP contribution in [0.1, 0.15) is 23.1 Å². The van der Waals surface area contributed by atoms with E-state index in [9.17, 15) is 13.2 Å². The summed E-state index contributed by atoms with van der Waals surface area (Å²) in [6.07, 6.45) is -3.68. The van der Waals surface area contributed by atoms with Gasteiger partial charge in [-0.1, -0.05) is 23.8 Å². The van der Waals surface area contributed by atoms with Crippen LogP contribution >= 0.6 is 0 Å². The van der Waals surface area contributed by atoms with Crippen LogP contribution in [0.4, 0.5) is 13.2 Å². The maximum atomic E-state index is 13.2. The second kappa shape index (κ2) is 3.48. The van der Waals surface area contributed by atoms with Crippen LogP contribution in [-0.2, 0) is 12.0 Å². The number of fused-ring (bicyclic) bond motifs is 1. The highest BCUT2D eigenvalue weighted by atomic mass is 19.4. The van der Waals surface area contributed by atoms with Crippen molar-refractivity contribution in [3.8, 4) is 0 Å². The topological polar surface area (TPSA) is 12.0 Å². The third-order valence-electron chi connectivity index (χ3n) is 3.41. The van der Waals surface area contributed by atoms with Crippen LogP contribution in [0.2, 0.25) is 0 Å². The van der Waals surface area contributed by atoms with Gasteiger partial charge in [0.1, 0.15) is 5.54 Å². The fraction of sp³-hybridized carbons (Fsp3) is 0.500. The van der Waals surface area contributed by atoms with Crippen LogP contribution in [0.3, 0.4) is 0 Å². The summed E-state index contributed by atoms with van der Waals surface area (Å²) in [6.45, 7) is 1.81. The van der Waals surface area contributed by atoms with E-state index in [-0.39, 0.29) is 6.42 Å². The van der Waals surface area contributed by atoms with Gasteiger partial charge in [0.05, 0.1) is 0 Å². The highest BCUT2D eigenvalue weighted by Gasteiger charge is 2.57. The lowest BCUT2D eigenvalue weighted by Gasteiger charge is -2.32. The maximum absolute atomic E-state index is 13.2. The summed E-state index contributed by atoms with van der Waals surface area (Å²) in [6, 6.07) is 5.31. The average Bonchev–Trinajstić information content (AvgIpc) is 2.56. The molecule has 1 aromatic rings. The van der Waals surface area contributed by atoms with Crippen LogP contribution in [0.25, 0.3) is 0 Å². The normalized spacial score (nSPS) is 24.6. The third kappa shape index (κ3) is 1.44. The van der Waals surface area contributed by atoms with Crippen LogP contribution in [-0.4, -0.2) is 13.2 Å². The minimum absolute atomic E-state index is 0.0891. The Bertz CT molecular complexity index is 411. The van der Waals surface area contributed by atoms with Crippen LogP contribution in [0, 0.1) is 6.92 Å². The molecule has 0 amide bonds. The number of hydrogen-bond acceptors (Lipinski definition) is 1. The molecule has 0 radical (unpaired) electrons. The largest absolute Gasteiger partial charge is 0.410 e. The van der Waals surface area contributed by atoms with E-state index < -0.39 is 11.7 Å². The van der Waals surface area contributed by atoms with Crippen LogP contribution < -0.4 is 5.32 Å². The van der Waals surface area contributed by atoms with Gasteiger partial charge in [0.2, 0.25) is 0 Å². The standard InChI is InChI=1S/C12H14F3N/c1-8-3-4-9-5-6-11(16-2,10(9)7-8)12(13,14)15/h3-4,7,16H,5-6H2,1-2H3. The van der Waals surface area contributed by atoms with Gasteiger partial charge in [0.15, 0.2) is 0 Å². The summed E-state index contributed by atoms with van der Waals surface area (Å²) in [7, 11) is 1.38. The lowest BCUT2D eigenvalue weighted by Crippen LogP contribution is -2.50. The molecular formula is C12H14F3N. The highest BCUT2D eigenvalue weighted by Crippen LogP contribution is 2.47. The molecule has 1 aliphatic carbocycles. The van der Waals surface area contributed by atoms with Gasteiger partial charge < -0.3 is 5.32 Å². The van der Waals surface area contributed by atoms with Gasteiger partial charge in [-0.05, 0) is 37.9 Å². The van der Waals surface area contributed by atoms with Crippen molar-refractivity contribution < 1.29 is 13.2 Å². The third-order valence-corrected chi connectivity index (χ3v) is 3.41. The Labute approximate surface area is 92.7 Å². The predicted octanol–water partition coefficient (Wildman–Crippen LogP) is 2.92. The maximum Gasteiger partial charge on any atom is 0.410 e. The monoisotopic (exact) mass is 229 g/mol. The summed E-state index contributed by atoms with van der Waals surface area (Å²) in [5.41, 5.74) is 0.207. The molecule has 1 atom stereocenters. The first-order chi connectivity index (χ1) is 7.40. The Morgan fingerprint density at radius 2 is 2.00 bits per heavy atom. The zero-order valence-electron chi connectivity index (χ0n) is 9.28. The van der Waals surface area contributed by atoms with Gasteiger partial charge in [-0.2, -0.15) is 13.2 Å². The number of alkyl halides is 3. The van der Waals surface area contributed by atoms with Crippen LogP contribution in [0.15, 0.2) is 18.2 Å². The summed E-state index contributed by atoms with van der Waals surface area (Å²) >= 11 is 0. The Morgan fingerprint density at radius 3 is 2.56 bits per heavy atom. The van der Waals surface area contributed by atoms with E-state index in [1.54, 1.807) is 12.1 Å². The molecule has 0 aliphatic heterocycles. The molecular weight excluding hydrogens is 215 g/mol. The molecule has 0 bridgehead atoms. The number of benzene rings is 1. The molecule has 0 heterocycles. The minimum atomic E-state index is -4.25. The van der Waals surface area contributed by atoms with Gasteiger partial charge in [0.25, 0.3) is 0 Å². The van der Waals surface area contributed by atoms with Gasteiger partial charge in [-0.25, -0.2) is 0 Å². The Hall–Kier alpha value is -1.03. The molecule has 1 aromatic carbocycles. The first-order valence-electron chi connectivity index (χ1n) is 5.26. The van der Waals surface area contributed by atoms with E-state index >= 15 is 0 Å². The van der Waals surface area contributed by atoms with Crippen molar-refractivity contribution in [2.24, 2.45) is 0 Å². The molecule has 1 N–H and O–H groups in total. The quantitative estimate of drug-likeness (QED) is 0.780. The summed E-state index contributed by atoms with van der Waals surface area (Å²) in [5.74, 6) is 0. The molecule has 16 heavy (non-hydrogen) atoms. The fourth-order valence-corrected chi connectivity index (χ4v) is 2.46. The number of hydrogen-bond donors (Lipinski definition) is 1. The number of nitrogens with one attached hydrogen (secondary N) is 1. The molecule has 0 fully saturated rings. The molecule has 0 spiro atoms. The Kier molecular flexibility index (Phi) is 2.49.